The van der Waals surface area contributed by atoms with E-state index in [0.29, 0.717) is 11.9 Å². The summed E-state index contributed by atoms with van der Waals surface area (Å²) in [5.74, 6) is 1.66. The predicted octanol–water partition coefficient (Wildman–Crippen LogP) is 1.59. The summed E-state index contributed by atoms with van der Waals surface area (Å²) in [4.78, 5) is 12.4. The molecular formula is C10H15ClN4O. The van der Waals surface area contributed by atoms with Crippen molar-refractivity contribution in [1.82, 2.24) is 15.0 Å². The molecule has 2 N–H and O–H groups in total. The van der Waals surface area contributed by atoms with Gasteiger partial charge in [0.15, 0.2) is 0 Å². The van der Waals surface area contributed by atoms with Gasteiger partial charge in [0.1, 0.15) is 5.82 Å². The van der Waals surface area contributed by atoms with E-state index in [2.05, 4.69) is 20.3 Å². The minimum atomic E-state index is -0.0366. The van der Waals surface area contributed by atoms with Gasteiger partial charge in [-0.2, -0.15) is 9.97 Å². The highest BCUT2D eigenvalue weighted by Crippen LogP contribution is 2.38. The van der Waals surface area contributed by atoms with Crippen LogP contribution < -0.4 is 5.32 Å². The van der Waals surface area contributed by atoms with Gasteiger partial charge in [-0.25, -0.2) is 4.98 Å². The lowest BCUT2D eigenvalue weighted by Crippen LogP contribution is -2.24. The molecule has 0 aromatic carbocycles. The van der Waals surface area contributed by atoms with Crippen molar-refractivity contribution >= 4 is 17.5 Å². The lowest BCUT2D eigenvalue weighted by molar-refractivity contribution is 0.271. The predicted molar refractivity (Wildman–Crippen MR) is 61.6 cm³/mol. The van der Waals surface area contributed by atoms with E-state index in [1.807, 2.05) is 6.92 Å². The molecule has 1 heterocycles. The molecule has 5 nitrogen and oxygen atoms in total. The van der Waals surface area contributed by atoms with Gasteiger partial charge in [-0.15, -0.1) is 0 Å². The van der Waals surface area contributed by atoms with E-state index in [0.717, 1.165) is 25.1 Å². The Labute approximate surface area is 99.3 Å². The van der Waals surface area contributed by atoms with Crippen molar-refractivity contribution in [2.45, 2.75) is 38.1 Å². The number of aliphatic hydroxyl groups excluding tert-OH is 1. The zero-order valence-corrected chi connectivity index (χ0v) is 9.91. The Morgan fingerprint density at radius 3 is 2.75 bits per heavy atom. The summed E-state index contributed by atoms with van der Waals surface area (Å²) < 4.78 is 0. The molecule has 2 rings (SSSR count). The van der Waals surface area contributed by atoms with Crippen LogP contribution in [0.4, 0.5) is 5.95 Å². The van der Waals surface area contributed by atoms with E-state index >= 15 is 0 Å². The monoisotopic (exact) mass is 242 g/mol. The van der Waals surface area contributed by atoms with Crippen LogP contribution in [0, 0.1) is 0 Å². The molecule has 1 fully saturated rings. The van der Waals surface area contributed by atoms with Crippen LogP contribution in [0.15, 0.2) is 0 Å². The van der Waals surface area contributed by atoms with Crippen molar-refractivity contribution in [3.05, 3.63) is 11.1 Å². The molecule has 1 unspecified atom stereocenters. The molecule has 0 amide bonds. The van der Waals surface area contributed by atoms with Crippen LogP contribution in [0.2, 0.25) is 5.28 Å². The molecule has 1 aliphatic rings. The van der Waals surface area contributed by atoms with Crippen LogP contribution in [0.3, 0.4) is 0 Å². The number of hydrogen-bond acceptors (Lipinski definition) is 5. The Bertz CT molecular complexity index is 366. The number of aromatic nitrogens is 3. The molecule has 1 atom stereocenters. The van der Waals surface area contributed by atoms with Crippen molar-refractivity contribution in [1.29, 1.82) is 0 Å². The zero-order chi connectivity index (χ0) is 11.5. The van der Waals surface area contributed by atoms with Crippen LogP contribution >= 0.6 is 11.6 Å². The Balaban J connectivity index is 2.13. The van der Waals surface area contributed by atoms with Crippen molar-refractivity contribution in [3.63, 3.8) is 0 Å². The quantitative estimate of drug-likeness (QED) is 0.821. The van der Waals surface area contributed by atoms with Crippen LogP contribution in [-0.4, -0.2) is 32.7 Å². The van der Waals surface area contributed by atoms with Crippen LogP contribution in [0.1, 0.15) is 37.9 Å². The first-order chi connectivity index (χ1) is 7.72. The maximum atomic E-state index is 9.08. The lowest BCUT2D eigenvalue weighted by atomic mass is 10.2. The fourth-order valence-electron chi connectivity index (χ4n) is 1.41. The van der Waals surface area contributed by atoms with Gasteiger partial charge in [0.05, 0.1) is 12.6 Å². The van der Waals surface area contributed by atoms with Gasteiger partial charge >= 0.3 is 0 Å². The smallest absolute Gasteiger partial charge is 0.227 e. The number of anilines is 1. The van der Waals surface area contributed by atoms with E-state index < -0.39 is 0 Å². The average molecular weight is 243 g/mol. The highest BCUT2D eigenvalue weighted by molar-refractivity contribution is 6.28. The number of nitrogens with one attached hydrogen (secondary N) is 1. The molecule has 0 saturated heterocycles. The fourth-order valence-corrected chi connectivity index (χ4v) is 1.58. The van der Waals surface area contributed by atoms with E-state index in [1.165, 1.54) is 0 Å². The van der Waals surface area contributed by atoms with Gasteiger partial charge in [0.25, 0.3) is 0 Å². The van der Waals surface area contributed by atoms with E-state index in [1.54, 1.807) is 0 Å². The summed E-state index contributed by atoms with van der Waals surface area (Å²) in [7, 11) is 0. The highest BCUT2D eigenvalue weighted by Gasteiger charge is 2.27. The molecule has 88 valence electrons. The molecule has 1 aromatic heterocycles. The van der Waals surface area contributed by atoms with Crippen LogP contribution in [0.5, 0.6) is 0 Å². The number of halogens is 1. The highest BCUT2D eigenvalue weighted by atomic mass is 35.5. The molecule has 0 bridgehead atoms. The Hall–Kier alpha value is -0.940. The van der Waals surface area contributed by atoms with Crippen molar-refractivity contribution in [2.24, 2.45) is 0 Å². The Kier molecular flexibility index (Phi) is 3.56. The Morgan fingerprint density at radius 2 is 2.19 bits per heavy atom. The molecule has 0 spiro atoms. The summed E-state index contributed by atoms with van der Waals surface area (Å²) in [6.07, 6.45) is 3.05. The minimum absolute atomic E-state index is 0.0366. The van der Waals surface area contributed by atoms with Crippen LogP contribution in [-0.2, 0) is 0 Å². The first kappa shape index (κ1) is 11.5. The standard InChI is InChI=1S/C10H15ClN4O/c1-2-7(5-16)12-10-14-8(6-3-4-6)13-9(11)15-10/h6-7,16H,2-5H2,1H3,(H,12,13,14,15). The minimum Gasteiger partial charge on any atom is -0.394 e. The first-order valence-electron chi connectivity index (χ1n) is 5.51. The lowest BCUT2D eigenvalue weighted by Gasteiger charge is -2.14. The first-order valence-corrected chi connectivity index (χ1v) is 5.89. The van der Waals surface area contributed by atoms with Gasteiger partial charge in [-0.1, -0.05) is 6.92 Å². The second-order valence-corrected chi connectivity index (χ2v) is 4.33. The maximum absolute atomic E-state index is 9.08. The molecule has 1 aromatic rings. The molecular weight excluding hydrogens is 228 g/mol. The molecule has 1 saturated carbocycles. The number of aliphatic hydroxyl groups is 1. The normalized spacial score (nSPS) is 17.2. The second kappa shape index (κ2) is 4.93. The number of hydrogen-bond donors (Lipinski definition) is 2. The molecule has 1 aliphatic carbocycles. The maximum Gasteiger partial charge on any atom is 0.227 e. The third-order valence-electron chi connectivity index (χ3n) is 2.61. The summed E-state index contributed by atoms with van der Waals surface area (Å²) in [6.45, 7) is 2.04. The molecule has 6 heteroatoms. The van der Waals surface area contributed by atoms with Gasteiger partial charge in [0, 0.05) is 5.92 Å². The third kappa shape index (κ3) is 2.80. The van der Waals surface area contributed by atoms with E-state index in [4.69, 9.17) is 16.7 Å². The largest absolute Gasteiger partial charge is 0.394 e. The van der Waals surface area contributed by atoms with Gasteiger partial charge in [-0.05, 0) is 30.9 Å². The fraction of sp³-hybridized carbons (Fsp3) is 0.700. The molecule has 0 radical (unpaired) electrons. The second-order valence-electron chi connectivity index (χ2n) is 3.99. The van der Waals surface area contributed by atoms with Crippen LogP contribution in [0.25, 0.3) is 0 Å². The molecule has 0 aliphatic heterocycles. The van der Waals surface area contributed by atoms with Gasteiger partial charge in [-0.3, -0.25) is 0 Å². The Morgan fingerprint density at radius 1 is 1.44 bits per heavy atom. The summed E-state index contributed by atoms with van der Waals surface area (Å²) >= 11 is 5.83. The average Bonchev–Trinajstić information content (AvgIpc) is 3.08. The SMILES string of the molecule is CCC(CO)Nc1nc(Cl)nc(C2CC2)n1. The topological polar surface area (TPSA) is 70.9 Å². The number of rotatable bonds is 5. The van der Waals surface area contributed by atoms with Gasteiger partial charge in [0.2, 0.25) is 11.2 Å². The molecule has 16 heavy (non-hydrogen) atoms. The number of nitrogens with zero attached hydrogens (tertiary/aromatic N) is 3. The zero-order valence-electron chi connectivity index (χ0n) is 9.15. The third-order valence-corrected chi connectivity index (χ3v) is 2.78. The summed E-state index contributed by atoms with van der Waals surface area (Å²) in [6, 6.07) is -0.0366. The van der Waals surface area contributed by atoms with E-state index in [9.17, 15) is 0 Å². The summed E-state index contributed by atoms with van der Waals surface area (Å²) in [5.41, 5.74) is 0. The van der Waals surface area contributed by atoms with Crippen molar-refractivity contribution in [2.75, 3.05) is 11.9 Å². The van der Waals surface area contributed by atoms with Crippen molar-refractivity contribution in [3.8, 4) is 0 Å². The van der Waals surface area contributed by atoms with E-state index in [-0.39, 0.29) is 17.9 Å². The van der Waals surface area contributed by atoms with Gasteiger partial charge < -0.3 is 10.4 Å². The van der Waals surface area contributed by atoms with Crippen molar-refractivity contribution < 1.29 is 5.11 Å². The summed E-state index contributed by atoms with van der Waals surface area (Å²) in [5, 5.41) is 12.3.